The minimum Gasteiger partial charge on any atom is -0.497 e. The van der Waals surface area contributed by atoms with Crippen molar-refractivity contribution < 1.29 is 14.6 Å². The van der Waals surface area contributed by atoms with Crippen molar-refractivity contribution in [2.24, 2.45) is 0 Å². The van der Waals surface area contributed by atoms with E-state index in [1.807, 2.05) is 48.5 Å². The van der Waals surface area contributed by atoms with E-state index in [1.54, 1.807) is 7.11 Å². The average Bonchev–Trinajstić information content (AvgIpc) is 2.85. The number of carboxylic acids is 1. The summed E-state index contributed by atoms with van der Waals surface area (Å²) in [6.45, 7) is 0. The van der Waals surface area contributed by atoms with Crippen LogP contribution in [0.3, 0.4) is 0 Å². The number of para-hydroxylation sites is 1. The lowest BCUT2D eigenvalue weighted by atomic mass is 10.0. The van der Waals surface area contributed by atoms with E-state index >= 15 is 0 Å². The fourth-order valence-electron chi connectivity index (χ4n) is 2.71. The molecule has 2 aromatic carbocycles. The number of rotatable bonds is 5. The van der Waals surface area contributed by atoms with Gasteiger partial charge in [0.05, 0.1) is 13.5 Å². The molecule has 2 N–H and O–H groups in total. The summed E-state index contributed by atoms with van der Waals surface area (Å²) in [6, 6.07) is 15.6. The molecule has 0 atom stereocenters. The molecule has 0 spiro atoms. The highest BCUT2D eigenvalue weighted by atomic mass is 16.5. The highest BCUT2D eigenvalue weighted by molar-refractivity contribution is 5.88. The highest BCUT2D eigenvalue weighted by Crippen LogP contribution is 2.25. The van der Waals surface area contributed by atoms with Gasteiger partial charge >= 0.3 is 5.97 Å². The van der Waals surface area contributed by atoms with E-state index < -0.39 is 5.97 Å². The van der Waals surface area contributed by atoms with Gasteiger partial charge in [-0.1, -0.05) is 30.3 Å². The summed E-state index contributed by atoms with van der Waals surface area (Å²) in [6.07, 6.45) is 0.691. The minimum atomic E-state index is -0.819. The smallest absolute Gasteiger partial charge is 0.307 e. The Morgan fingerprint density at radius 3 is 2.55 bits per heavy atom. The zero-order valence-electron chi connectivity index (χ0n) is 12.3. The number of ether oxygens (including phenoxy) is 1. The van der Waals surface area contributed by atoms with E-state index in [2.05, 4.69) is 4.98 Å². The first-order valence-corrected chi connectivity index (χ1v) is 7.10. The van der Waals surface area contributed by atoms with Gasteiger partial charge in [0.15, 0.2) is 0 Å². The number of benzene rings is 2. The van der Waals surface area contributed by atoms with Crippen LogP contribution >= 0.6 is 0 Å². The Morgan fingerprint density at radius 2 is 1.86 bits per heavy atom. The number of hydrogen-bond acceptors (Lipinski definition) is 2. The lowest BCUT2D eigenvalue weighted by Gasteiger charge is -2.05. The first-order valence-electron chi connectivity index (χ1n) is 7.10. The summed E-state index contributed by atoms with van der Waals surface area (Å²) in [5.74, 6) is -0.00751. The van der Waals surface area contributed by atoms with Crippen LogP contribution in [-0.2, 0) is 17.6 Å². The molecule has 4 nitrogen and oxygen atoms in total. The van der Waals surface area contributed by atoms with Crippen molar-refractivity contribution in [1.82, 2.24) is 4.98 Å². The van der Waals surface area contributed by atoms with Gasteiger partial charge in [-0.25, -0.2) is 0 Å². The lowest BCUT2D eigenvalue weighted by Crippen LogP contribution is -2.03. The third kappa shape index (κ3) is 2.81. The number of hydrogen-bond donors (Lipinski definition) is 2. The monoisotopic (exact) mass is 295 g/mol. The molecule has 0 saturated heterocycles. The van der Waals surface area contributed by atoms with Gasteiger partial charge in [0.1, 0.15) is 5.75 Å². The van der Waals surface area contributed by atoms with Gasteiger partial charge in [-0.2, -0.15) is 0 Å². The summed E-state index contributed by atoms with van der Waals surface area (Å²) in [4.78, 5) is 14.5. The Morgan fingerprint density at radius 1 is 1.14 bits per heavy atom. The van der Waals surface area contributed by atoms with Gasteiger partial charge in [0.2, 0.25) is 0 Å². The van der Waals surface area contributed by atoms with Crippen molar-refractivity contribution in [3.05, 3.63) is 65.4 Å². The van der Waals surface area contributed by atoms with Crippen LogP contribution < -0.4 is 4.74 Å². The molecule has 1 heterocycles. The molecule has 1 aromatic heterocycles. The number of aliphatic carboxylic acids is 1. The molecule has 0 radical (unpaired) electrons. The molecule has 0 fully saturated rings. The third-order valence-corrected chi connectivity index (χ3v) is 3.77. The molecule has 0 aliphatic carbocycles. The van der Waals surface area contributed by atoms with Crippen LogP contribution in [0.15, 0.2) is 48.5 Å². The van der Waals surface area contributed by atoms with Gasteiger partial charge in [-0.3, -0.25) is 4.79 Å². The lowest BCUT2D eigenvalue weighted by molar-refractivity contribution is -0.136. The molecule has 4 heteroatoms. The van der Waals surface area contributed by atoms with Crippen molar-refractivity contribution >= 4 is 16.9 Å². The molecular formula is C18H17NO3. The van der Waals surface area contributed by atoms with E-state index in [1.165, 1.54) is 0 Å². The van der Waals surface area contributed by atoms with Crippen LogP contribution in [-0.4, -0.2) is 23.2 Å². The van der Waals surface area contributed by atoms with E-state index in [0.29, 0.717) is 6.42 Å². The molecule has 22 heavy (non-hydrogen) atoms. The number of H-pyrrole nitrogens is 1. The van der Waals surface area contributed by atoms with Crippen LogP contribution in [0.5, 0.6) is 5.75 Å². The van der Waals surface area contributed by atoms with Crippen LogP contribution in [0.4, 0.5) is 0 Å². The van der Waals surface area contributed by atoms with Crippen LogP contribution in [0.1, 0.15) is 16.8 Å². The van der Waals surface area contributed by atoms with Gasteiger partial charge in [0.25, 0.3) is 0 Å². The first-order chi connectivity index (χ1) is 10.7. The number of carbonyl (C=O) groups is 1. The molecule has 0 aliphatic rings. The normalized spacial score (nSPS) is 10.8. The van der Waals surface area contributed by atoms with Crippen molar-refractivity contribution in [2.45, 2.75) is 12.8 Å². The van der Waals surface area contributed by atoms with Crippen LogP contribution in [0.25, 0.3) is 10.9 Å². The topological polar surface area (TPSA) is 62.3 Å². The standard InChI is InChI=1S/C18H17NO3/c1-22-13-8-6-12(7-9-13)10-17-15(11-18(20)21)14-4-2-3-5-16(14)19-17/h2-9,19H,10-11H2,1H3,(H,20,21). The van der Waals surface area contributed by atoms with Crippen molar-refractivity contribution in [1.29, 1.82) is 0 Å². The van der Waals surface area contributed by atoms with E-state index in [9.17, 15) is 9.90 Å². The van der Waals surface area contributed by atoms with Gasteiger partial charge in [-0.15, -0.1) is 0 Å². The summed E-state index contributed by atoms with van der Waals surface area (Å²) in [5, 5.41) is 10.2. The largest absolute Gasteiger partial charge is 0.497 e. The maximum Gasteiger partial charge on any atom is 0.307 e. The Balaban J connectivity index is 1.99. The van der Waals surface area contributed by atoms with Crippen LogP contribution in [0, 0.1) is 0 Å². The molecule has 3 aromatic rings. The molecule has 0 amide bonds. The predicted octanol–water partition coefficient (Wildman–Crippen LogP) is 3.39. The molecule has 0 bridgehead atoms. The van der Waals surface area contributed by atoms with Gasteiger partial charge < -0.3 is 14.8 Å². The second-order valence-electron chi connectivity index (χ2n) is 5.22. The maximum absolute atomic E-state index is 11.2. The first kappa shape index (κ1) is 14.2. The number of nitrogens with one attached hydrogen (secondary N) is 1. The Labute approximate surface area is 128 Å². The van der Waals surface area contributed by atoms with Crippen molar-refractivity contribution in [3.63, 3.8) is 0 Å². The fourth-order valence-corrected chi connectivity index (χ4v) is 2.71. The second-order valence-corrected chi connectivity index (χ2v) is 5.22. The third-order valence-electron chi connectivity index (χ3n) is 3.77. The Bertz CT molecular complexity index is 803. The fraction of sp³-hybridized carbons (Fsp3) is 0.167. The summed E-state index contributed by atoms with van der Waals surface area (Å²) in [7, 11) is 1.64. The van der Waals surface area contributed by atoms with Crippen molar-refractivity contribution in [2.75, 3.05) is 7.11 Å². The number of carboxylic acid groups (broad SMARTS) is 1. The average molecular weight is 295 g/mol. The zero-order chi connectivity index (χ0) is 15.5. The zero-order valence-corrected chi connectivity index (χ0v) is 12.3. The second kappa shape index (κ2) is 5.93. The molecule has 0 saturated carbocycles. The summed E-state index contributed by atoms with van der Waals surface area (Å²) in [5.41, 5.74) is 3.90. The molecule has 0 aliphatic heterocycles. The SMILES string of the molecule is COc1ccc(Cc2[nH]c3ccccc3c2CC(=O)O)cc1. The number of fused-ring (bicyclic) bond motifs is 1. The molecule has 0 unspecified atom stereocenters. The van der Waals surface area contributed by atoms with E-state index in [0.717, 1.165) is 33.5 Å². The summed E-state index contributed by atoms with van der Waals surface area (Å²) < 4.78 is 5.16. The maximum atomic E-state index is 11.2. The van der Waals surface area contributed by atoms with E-state index in [-0.39, 0.29) is 6.42 Å². The van der Waals surface area contributed by atoms with Crippen LogP contribution in [0.2, 0.25) is 0 Å². The highest BCUT2D eigenvalue weighted by Gasteiger charge is 2.14. The van der Waals surface area contributed by atoms with E-state index in [4.69, 9.17) is 4.74 Å². The Hall–Kier alpha value is -2.75. The number of methoxy groups -OCH3 is 1. The predicted molar refractivity (Wildman–Crippen MR) is 85.4 cm³/mol. The van der Waals surface area contributed by atoms with Gasteiger partial charge in [-0.05, 0) is 29.3 Å². The van der Waals surface area contributed by atoms with Gasteiger partial charge in [0, 0.05) is 23.0 Å². The minimum absolute atomic E-state index is 0.0233. The summed E-state index contributed by atoms with van der Waals surface area (Å²) >= 11 is 0. The Kier molecular flexibility index (Phi) is 3.83. The number of aromatic nitrogens is 1. The molecule has 112 valence electrons. The number of aromatic amines is 1. The molecular weight excluding hydrogens is 278 g/mol. The molecule has 3 rings (SSSR count). The quantitative estimate of drug-likeness (QED) is 0.758. The van der Waals surface area contributed by atoms with Crippen molar-refractivity contribution in [3.8, 4) is 5.75 Å².